The number of pyridine rings is 1. The SMILES string of the molecule is CCn1nc(C)c2c(Cl)c(COC(Cn3ccnc3)c3ccc(Cl)cc3Cl)cnc21.Cl. The van der Waals surface area contributed by atoms with Gasteiger partial charge in [-0.25, -0.2) is 14.6 Å². The average Bonchev–Trinajstić information content (AvgIpc) is 3.34. The third-order valence-electron chi connectivity index (χ3n) is 4.93. The van der Waals surface area contributed by atoms with Crippen LogP contribution in [0.1, 0.15) is 29.8 Å². The van der Waals surface area contributed by atoms with Gasteiger partial charge in [-0.2, -0.15) is 5.10 Å². The minimum Gasteiger partial charge on any atom is -0.367 e. The highest BCUT2D eigenvalue weighted by molar-refractivity contribution is 6.36. The molecule has 3 heterocycles. The van der Waals surface area contributed by atoms with Crippen LogP contribution in [0.25, 0.3) is 11.0 Å². The van der Waals surface area contributed by atoms with Crippen LogP contribution >= 0.6 is 47.2 Å². The second-order valence-electron chi connectivity index (χ2n) is 6.92. The van der Waals surface area contributed by atoms with E-state index in [1.807, 2.05) is 35.4 Å². The summed E-state index contributed by atoms with van der Waals surface area (Å²) in [5.41, 5.74) is 3.26. The molecule has 164 valence electrons. The lowest BCUT2D eigenvalue weighted by atomic mass is 10.1. The number of imidazole rings is 1. The van der Waals surface area contributed by atoms with Crippen molar-refractivity contribution in [1.29, 1.82) is 0 Å². The van der Waals surface area contributed by atoms with Crippen LogP contribution in [0.2, 0.25) is 15.1 Å². The maximum absolute atomic E-state index is 6.71. The van der Waals surface area contributed by atoms with E-state index >= 15 is 0 Å². The van der Waals surface area contributed by atoms with Crippen molar-refractivity contribution in [2.24, 2.45) is 0 Å². The highest BCUT2D eigenvalue weighted by atomic mass is 35.5. The van der Waals surface area contributed by atoms with E-state index in [1.165, 1.54) is 0 Å². The molecule has 31 heavy (non-hydrogen) atoms. The Balaban J connectivity index is 0.00000272. The number of halogens is 4. The van der Waals surface area contributed by atoms with E-state index in [-0.39, 0.29) is 25.1 Å². The predicted octanol–water partition coefficient (Wildman–Crippen LogP) is 6.30. The number of aryl methyl sites for hydroxylation is 2. The quantitative estimate of drug-likeness (QED) is 0.299. The van der Waals surface area contributed by atoms with Crippen LogP contribution in [0, 0.1) is 6.92 Å². The molecule has 4 aromatic rings. The van der Waals surface area contributed by atoms with E-state index < -0.39 is 0 Å². The first-order valence-corrected chi connectivity index (χ1v) is 10.6. The normalized spacial score (nSPS) is 12.2. The van der Waals surface area contributed by atoms with E-state index in [2.05, 4.69) is 15.1 Å². The van der Waals surface area contributed by atoms with E-state index in [9.17, 15) is 0 Å². The van der Waals surface area contributed by atoms with Gasteiger partial charge in [0.1, 0.15) is 6.10 Å². The number of ether oxygens (including phenoxy) is 1. The second kappa shape index (κ2) is 10.2. The fraction of sp³-hybridized carbons (Fsp3) is 0.286. The molecule has 6 nitrogen and oxygen atoms in total. The Morgan fingerprint density at radius 2 is 2.00 bits per heavy atom. The lowest BCUT2D eigenvalue weighted by Crippen LogP contribution is -2.13. The van der Waals surface area contributed by atoms with Crippen LogP contribution in [-0.2, 0) is 24.4 Å². The third-order valence-corrected chi connectivity index (χ3v) is 5.92. The molecular formula is C21H21Cl4N5O. The molecule has 0 saturated heterocycles. The molecule has 1 atom stereocenters. The number of benzene rings is 1. The van der Waals surface area contributed by atoms with E-state index in [4.69, 9.17) is 39.5 Å². The van der Waals surface area contributed by atoms with Gasteiger partial charge >= 0.3 is 0 Å². The lowest BCUT2D eigenvalue weighted by molar-refractivity contribution is 0.0280. The summed E-state index contributed by atoms with van der Waals surface area (Å²) in [5, 5.41) is 7.10. The van der Waals surface area contributed by atoms with Gasteiger partial charge in [-0.3, -0.25) is 0 Å². The van der Waals surface area contributed by atoms with Crippen LogP contribution in [0.5, 0.6) is 0 Å². The Labute approximate surface area is 201 Å². The molecule has 0 N–H and O–H groups in total. The summed E-state index contributed by atoms with van der Waals surface area (Å²) < 4.78 is 10.1. The number of hydrogen-bond acceptors (Lipinski definition) is 4. The van der Waals surface area contributed by atoms with Crippen LogP contribution in [-0.4, -0.2) is 24.3 Å². The minimum atomic E-state index is -0.324. The Bertz CT molecular complexity index is 1180. The summed E-state index contributed by atoms with van der Waals surface area (Å²) >= 11 is 19.2. The summed E-state index contributed by atoms with van der Waals surface area (Å²) in [7, 11) is 0. The van der Waals surface area contributed by atoms with Gasteiger partial charge in [0.25, 0.3) is 0 Å². The van der Waals surface area contributed by atoms with E-state index in [1.54, 1.807) is 30.9 Å². The Morgan fingerprint density at radius 3 is 2.68 bits per heavy atom. The number of aromatic nitrogens is 5. The van der Waals surface area contributed by atoms with E-state index in [0.29, 0.717) is 21.6 Å². The molecule has 3 aromatic heterocycles. The smallest absolute Gasteiger partial charge is 0.159 e. The summed E-state index contributed by atoms with van der Waals surface area (Å²) in [4.78, 5) is 8.67. The van der Waals surface area contributed by atoms with Crippen molar-refractivity contribution in [3.63, 3.8) is 0 Å². The Morgan fingerprint density at radius 1 is 1.19 bits per heavy atom. The molecule has 1 aromatic carbocycles. The van der Waals surface area contributed by atoms with Crippen LogP contribution in [0.15, 0.2) is 43.1 Å². The summed E-state index contributed by atoms with van der Waals surface area (Å²) in [6.07, 6.45) is 6.77. The fourth-order valence-electron chi connectivity index (χ4n) is 3.41. The van der Waals surface area contributed by atoms with Gasteiger partial charge in [-0.05, 0) is 26.0 Å². The van der Waals surface area contributed by atoms with Gasteiger partial charge in [-0.15, -0.1) is 12.4 Å². The molecule has 0 amide bonds. The van der Waals surface area contributed by atoms with Gasteiger partial charge in [0.2, 0.25) is 0 Å². The largest absolute Gasteiger partial charge is 0.367 e. The monoisotopic (exact) mass is 499 g/mol. The maximum Gasteiger partial charge on any atom is 0.159 e. The number of rotatable bonds is 7. The van der Waals surface area contributed by atoms with Crippen molar-refractivity contribution in [2.75, 3.05) is 0 Å². The van der Waals surface area contributed by atoms with Gasteiger partial charge in [-0.1, -0.05) is 40.9 Å². The Hall–Kier alpha value is -1.83. The summed E-state index contributed by atoms with van der Waals surface area (Å²) in [6.45, 7) is 5.50. The number of hydrogen-bond donors (Lipinski definition) is 0. The van der Waals surface area contributed by atoms with Gasteiger partial charge < -0.3 is 9.30 Å². The number of fused-ring (bicyclic) bond motifs is 1. The van der Waals surface area contributed by atoms with E-state index in [0.717, 1.165) is 34.4 Å². The zero-order chi connectivity index (χ0) is 21.3. The fourth-order valence-corrected chi connectivity index (χ4v) is 4.27. The summed E-state index contributed by atoms with van der Waals surface area (Å²) in [6, 6.07) is 5.40. The first-order valence-electron chi connectivity index (χ1n) is 9.50. The highest BCUT2D eigenvalue weighted by Crippen LogP contribution is 2.33. The Kier molecular flexibility index (Phi) is 7.83. The van der Waals surface area contributed by atoms with Crippen molar-refractivity contribution in [2.45, 2.75) is 39.6 Å². The topological polar surface area (TPSA) is 57.8 Å². The standard InChI is InChI=1S/C21H20Cl3N5O.ClH/c1-3-29-21-19(13(2)27-29)20(24)14(9-26-21)11-30-18(10-28-7-6-25-12-28)16-5-4-15(22)8-17(16)23;/h4-9,12,18H,3,10-11H2,1-2H3;1H. The maximum atomic E-state index is 6.71. The van der Waals surface area contributed by atoms with Gasteiger partial charge in [0, 0.05) is 46.3 Å². The minimum absolute atomic E-state index is 0. The van der Waals surface area contributed by atoms with Crippen LogP contribution in [0.3, 0.4) is 0 Å². The van der Waals surface area contributed by atoms with Crippen molar-refractivity contribution in [3.8, 4) is 0 Å². The molecule has 0 aliphatic rings. The molecule has 1 unspecified atom stereocenters. The molecule has 0 bridgehead atoms. The first-order chi connectivity index (χ1) is 14.5. The van der Waals surface area contributed by atoms with Crippen LogP contribution in [0.4, 0.5) is 0 Å². The van der Waals surface area contributed by atoms with Gasteiger partial charge in [0.15, 0.2) is 5.65 Å². The average molecular weight is 501 g/mol. The molecular weight excluding hydrogens is 480 g/mol. The summed E-state index contributed by atoms with van der Waals surface area (Å²) in [5.74, 6) is 0. The molecule has 0 aliphatic carbocycles. The third kappa shape index (κ3) is 4.99. The first kappa shape index (κ1) is 23.8. The predicted molar refractivity (Wildman–Crippen MR) is 126 cm³/mol. The molecule has 0 spiro atoms. The van der Waals surface area contributed by atoms with Crippen molar-refractivity contribution in [3.05, 3.63) is 75.0 Å². The molecule has 0 aliphatic heterocycles. The second-order valence-corrected chi connectivity index (χ2v) is 8.14. The molecule has 10 heteroatoms. The lowest BCUT2D eigenvalue weighted by Gasteiger charge is -2.21. The van der Waals surface area contributed by atoms with Gasteiger partial charge in [0.05, 0.1) is 35.6 Å². The van der Waals surface area contributed by atoms with Crippen molar-refractivity contribution >= 4 is 58.2 Å². The zero-order valence-corrected chi connectivity index (χ0v) is 20.0. The van der Waals surface area contributed by atoms with Crippen molar-refractivity contribution < 1.29 is 4.74 Å². The molecule has 0 fully saturated rings. The molecule has 0 radical (unpaired) electrons. The highest BCUT2D eigenvalue weighted by Gasteiger charge is 2.20. The van der Waals surface area contributed by atoms with Crippen LogP contribution < -0.4 is 0 Å². The van der Waals surface area contributed by atoms with Crippen molar-refractivity contribution in [1.82, 2.24) is 24.3 Å². The zero-order valence-electron chi connectivity index (χ0n) is 16.9. The molecule has 0 saturated carbocycles. The molecule has 4 rings (SSSR count). The number of nitrogens with zero attached hydrogens (tertiary/aromatic N) is 5.